The number of rotatable bonds is 4. The first-order valence-corrected chi connectivity index (χ1v) is 9.13. The van der Waals surface area contributed by atoms with Crippen LogP contribution >= 0.6 is 11.8 Å². The SMILES string of the molecule is Cc1ccccc1-n1cnnc1S[C@H](C)c1nc2ccccc2c(=O)[nH]1. The highest BCUT2D eigenvalue weighted by Crippen LogP contribution is 2.33. The van der Waals surface area contributed by atoms with Crippen LogP contribution in [0.4, 0.5) is 0 Å². The molecule has 6 nitrogen and oxygen atoms in total. The molecule has 2 aromatic carbocycles. The molecule has 7 heteroatoms. The van der Waals surface area contributed by atoms with Gasteiger partial charge in [-0.3, -0.25) is 9.36 Å². The lowest BCUT2D eigenvalue weighted by Gasteiger charge is -2.13. The average molecular weight is 363 g/mol. The van der Waals surface area contributed by atoms with Gasteiger partial charge in [0.1, 0.15) is 12.2 Å². The van der Waals surface area contributed by atoms with Crippen molar-refractivity contribution in [2.24, 2.45) is 0 Å². The number of para-hydroxylation sites is 2. The smallest absolute Gasteiger partial charge is 0.258 e. The average Bonchev–Trinajstić information content (AvgIpc) is 3.10. The maximum atomic E-state index is 12.3. The van der Waals surface area contributed by atoms with Gasteiger partial charge in [-0.15, -0.1) is 10.2 Å². The quantitative estimate of drug-likeness (QED) is 0.560. The number of nitrogens with one attached hydrogen (secondary N) is 1. The van der Waals surface area contributed by atoms with Crippen LogP contribution in [0, 0.1) is 6.92 Å². The Morgan fingerprint density at radius 2 is 1.88 bits per heavy atom. The van der Waals surface area contributed by atoms with Gasteiger partial charge in [0.15, 0.2) is 5.16 Å². The predicted octanol–water partition coefficient (Wildman–Crippen LogP) is 3.67. The Hall–Kier alpha value is -2.93. The Bertz CT molecular complexity index is 1130. The topological polar surface area (TPSA) is 76.5 Å². The minimum Gasteiger partial charge on any atom is -0.309 e. The van der Waals surface area contributed by atoms with Crippen LogP contribution in [0.25, 0.3) is 16.6 Å². The van der Waals surface area contributed by atoms with E-state index in [2.05, 4.69) is 33.2 Å². The summed E-state index contributed by atoms with van der Waals surface area (Å²) in [4.78, 5) is 19.8. The van der Waals surface area contributed by atoms with Crippen molar-refractivity contribution in [3.05, 3.63) is 76.6 Å². The first-order valence-electron chi connectivity index (χ1n) is 8.25. The molecular formula is C19H17N5OS. The van der Waals surface area contributed by atoms with Crippen molar-refractivity contribution >= 4 is 22.7 Å². The molecule has 0 aliphatic heterocycles. The van der Waals surface area contributed by atoms with Crippen molar-refractivity contribution in [3.63, 3.8) is 0 Å². The molecule has 0 saturated carbocycles. The van der Waals surface area contributed by atoms with Crippen LogP contribution in [0.2, 0.25) is 0 Å². The monoisotopic (exact) mass is 363 g/mol. The molecule has 1 atom stereocenters. The number of H-pyrrole nitrogens is 1. The number of aromatic nitrogens is 5. The third kappa shape index (κ3) is 3.01. The van der Waals surface area contributed by atoms with Gasteiger partial charge in [-0.05, 0) is 37.6 Å². The largest absolute Gasteiger partial charge is 0.309 e. The van der Waals surface area contributed by atoms with Gasteiger partial charge in [0.25, 0.3) is 5.56 Å². The summed E-state index contributed by atoms with van der Waals surface area (Å²) in [7, 11) is 0. The van der Waals surface area contributed by atoms with Gasteiger partial charge in [0, 0.05) is 0 Å². The van der Waals surface area contributed by atoms with Crippen LogP contribution < -0.4 is 5.56 Å². The van der Waals surface area contributed by atoms with Gasteiger partial charge in [0.05, 0.1) is 21.8 Å². The van der Waals surface area contributed by atoms with E-state index in [1.807, 2.05) is 47.9 Å². The number of hydrogen-bond acceptors (Lipinski definition) is 5. The first kappa shape index (κ1) is 16.5. The fraction of sp³-hybridized carbons (Fsp3) is 0.158. The van der Waals surface area contributed by atoms with Crippen LogP contribution in [0.5, 0.6) is 0 Å². The maximum Gasteiger partial charge on any atom is 0.258 e. The molecule has 4 rings (SSSR count). The van der Waals surface area contributed by atoms with E-state index in [4.69, 9.17) is 0 Å². The van der Waals surface area contributed by atoms with Crippen molar-refractivity contribution in [3.8, 4) is 5.69 Å². The summed E-state index contributed by atoms with van der Waals surface area (Å²) in [5, 5.41) is 9.56. The molecule has 0 fully saturated rings. The van der Waals surface area contributed by atoms with Gasteiger partial charge in [0.2, 0.25) is 0 Å². The van der Waals surface area contributed by atoms with E-state index in [1.54, 1.807) is 12.4 Å². The second kappa shape index (κ2) is 6.76. The van der Waals surface area contributed by atoms with E-state index in [9.17, 15) is 4.79 Å². The standard InChI is InChI=1S/C19H17N5OS/c1-12-7-3-6-10-16(12)24-11-20-23-19(24)26-13(2)17-21-15-9-5-4-8-14(15)18(25)22-17/h3-11,13H,1-2H3,(H,21,22,25)/t13-/m1/s1. The molecule has 2 aromatic heterocycles. The molecular weight excluding hydrogens is 346 g/mol. The van der Waals surface area contributed by atoms with Crippen molar-refractivity contribution < 1.29 is 0 Å². The predicted molar refractivity (Wildman–Crippen MR) is 103 cm³/mol. The Labute approximate surface area is 154 Å². The lowest BCUT2D eigenvalue weighted by molar-refractivity contribution is 0.857. The zero-order valence-corrected chi connectivity index (χ0v) is 15.2. The van der Waals surface area contributed by atoms with Crippen molar-refractivity contribution in [1.29, 1.82) is 0 Å². The number of aromatic amines is 1. The Morgan fingerprint density at radius 3 is 2.73 bits per heavy atom. The zero-order valence-electron chi connectivity index (χ0n) is 14.4. The first-order chi connectivity index (χ1) is 12.6. The minimum absolute atomic E-state index is 0.0840. The summed E-state index contributed by atoms with van der Waals surface area (Å²) in [5.41, 5.74) is 2.74. The highest BCUT2D eigenvalue weighted by atomic mass is 32.2. The number of nitrogens with zero attached hydrogens (tertiary/aromatic N) is 4. The van der Waals surface area contributed by atoms with E-state index in [0.29, 0.717) is 16.7 Å². The molecule has 26 heavy (non-hydrogen) atoms. The second-order valence-corrected chi connectivity index (χ2v) is 7.31. The van der Waals surface area contributed by atoms with Crippen LogP contribution in [-0.2, 0) is 0 Å². The third-order valence-corrected chi connectivity index (χ3v) is 5.26. The number of benzene rings is 2. The van der Waals surface area contributed by atoms with Gasteiger partial charge in [-0.2, -0.15) is 0 Å². The molecule has 0 radical (unpaired) electrons. The van der Waals surface area contributed by atoms with Gasteiger partial charge < -0.3 is 4.98 Å². The van der Waals surface area contributed by atoms with Crippen LogP contribution in [0.3, 0.4) is 0 Å². The highest BCUT2D eigenvalue weighted by molar-refractivity contribution is 7.99. The summed E-state index contributed by atoms with van der Waals surface area (Å²) in [6.07, 6.45) is 1.70. The second-order valence-electron chi connectivity index (χ2n) is 6.00. The normalized spacial score (nSPS) is 12.4. The van der Waals surface area contributed by atoms with Crippen molar-refractivity contribution in [2.45, 2.75) is 24.3 Å². The molecule has 0 bridgehead atoms. The van der Waals surface area contributed by atoms with E-state index in [-0.39, 0.29) is 10.8 Å². The van der Waals surface area contributed by atoms with E-state index in [0.717, 1.165) is 16.4 Å². The zero-order chi connectivity index (χ0) is 18.1. The number of aryl methyl sites for hydroxylation is 1. The fourth-order valence-electron chi connectivity index (χ4n) is 2.81. The Kier molecular flexibility index (Phi) is 4.30. The summed E-state index contributed by atoms with van der Waals surface area (Å²) >= 11 is 1.51. The van der Waals surface area contributed by atoms with Crippen LogP contribution in [-0.4, -0.2) is 24.7 Å². The summed E-state index contributed by atoms with van der Waals surface area (Å²) in [5.74, 6) is 0.623. The molecule has 0 spiro atoms. The number of fused-ring (bicyclic) bond motifs is 1. The van der Waals surface area contributed by atoms with Crippen molar-refractivity contribution in [1.82, 2.24) is 24.7 Å². The number of hydrogen-bond donors (Lipinski definition) is 1. The molecule has 0 saturated heterocycles. The molecule has 0 amide bonds. The van der Waals surface area contributed by atoms with Crippen LogP contribution in [0.15, 0.2) is 64.8 Å². The lowest BCUT2D eigenvalue weighted by atomic mass is 10.2. The van der Waals surface area contributed by atoms with E-state index >= 15 is 0 Å². The third-order valence-electron chi connectivity index (χ3n) is 4.19. The summed E-state index contributed by atoms with van der Waals surface area (Å²) in [6.45, 7) is 4.05. The highest BCUT2D eigenvalue weighted by Gasteiger charge is 2.17. The maximum absolute atomic E-state index is 12.3. The van der Waals surface area contributed by atoms with E-state index < -0.39 is 0 Å². The molecule has 130 valence electrons. The van der Waals surface area contributed by atoms with Gasteiger partial charge in [-0.1, -0.05) is 42.1 Å². The lowest BCUT2D eigenvalue weighted by Crippen LogP contribution is -2.13. The van der Waals surface area contributed by atoms with Gasteiger partial charge in [-0.25, -0.2) is 4.98 Å². The summed E-state index contributed by atoms with van der Waals surface area (Å²) < 4.78 is 1.95. The van der Waals surface area contributed by atoms with Gasteiger partial charge >= 0.3 is 0 Å². The van der Waals surface area contributed by atoms with Crippen LogP contribution in [0.1, 0.15) is 23.6 Å². The molecule has 0 unspecified atom stereocenters. The Morgan fingerprint density at radius 1 is 1.12 bits per heavy atom. The molecule has 0 aliphatic carbocycles. The molecule has 4 aromatic rings. The minimum atomic E-state index is -0.126. The summed E-state index contributed by atoms with van der Waals surface area (Å²) in [6, 6.07) is 15.4. The molecule has 0 aliphatic rings. The number of thioether (sulfide) groups is 1. The Balaban J connectivity index is 1.68. The molecule has 2 heterocycles. The fourth-order valence-corrected chi connectivity index (χ4v) is 3.71. The van der Waals surface area contributed by atoms with E-state index in [1.165, 1.54) is 11.8 Å². The molecule has 1 N–H and O–H groups in total. The van der Waals surface area contributed by atoms with Crippen molar-refractivity contribution in [2.75, 3.05) is 0 Å².